The Balaban J connectivity index is 2.06. The summed E-state index contributed by atoms with van der Waals surface area (Å²) in [4.78, 5) is 50.7. The molecule has 1 aliphatic heterocycles. The molecular weight excluding hydrogens is 494 g/mol. The predicted molar refractivity (Wildman–Crippen MR) is 138 cm³/mol. The normalized spacial score (nSPS) is 19.8. The number of nitrogens with two attached hydrogens (primary N) is 2. The van der Waals surface area contributed by atoms with Gasteiger partial charge in [-0.2, -0.15) is 0 Å². The summed E-state index contributed by atoms with van der Waals surface area (Å²) in [7, 11) is 1.17. The number of carbonyl (C=O) groups is 4. The lowest BCUT2D eigenvalue weighted by Crippen LogP contribution is -2.56. The molecule has 38 heavy (non-hydrogen) atoms. The van der Waals surface area contributed by atoms with Gasteiger partial charge >= 0.3 is 5.97 Å². The third-order valence-corrected chi connectivity index (χ3v) is 6.29. The van der Waals surface area contributed by atoms with Crippen LogP contribution >= 0.6 is 0 Å². The number of benzene rings is 2. The number of rotatable bonds is 6. The maximum atomic E-state index is 13.3. The Kier molecular flexibility index (Phi) is 9.63. The van der Waals surface area contributed by atoms with Crippen LogP contribution in [0.5, 0.6) is 11.5 Å². The molecule has 3 rings (SSSR count). The highest BCUT2D eigenvalue weighted by molar-refractivity contribution is 5.94. The third kappa shape index (κ3) is 7.20. The Morgan fingerprint density at radius 2 is 1.61 bits per heavy atom. The molecule has 3 amide bonds. The molecule has 0 saturated carbocycles. The molecule has 0 saturated heterocycles. The fraction of sp³-hybridized carbons (Fsp3) is 0.385. The lowest BCUT2D eigenvalue weighted by atomic mass is 9.95. The van der Waals surface area contributed by atoms with Crippen LogP contribution in [0.15, 0.2) is 36.4 Å². The number of amides is 3. The Bertz CT molecular complexity index is 1200. The van der Waals surface area contributed by atoms with Crippen LogP contribution in [0, 0.1) is 0 Å². The van der Waals surface area contributed by atoms with Gasteiger partial charge in [-0.15, -0.1) is 0 Å². The maximum Gasteiger partial charge on any atom is 0.325 e. The van der Waals surface area contributed by atoms with Gasteiger partial charge in [0.2, 0.25) is 17.7 Å². The van der Waals surface area contributed by atoms with E-state index in [1.54, 1.807) is 24.3 Å². The highest BCUT2D eigenvalue weighted by Gasteiger charge is 2.29. The standard InChI is InChI=1S/C26H33N5O7/c1-38-23(34)13-29-25(36)20-12-17-10-15(5-7-22(17)33)14-4-6-21(32)16(9-14)11-18(28)24(35)30-19(3-2-8-27)26(37)31-20/h4-7,9-10,18-20,32-33H,2-3,8,11-13,27-28H2,1H3,(H,29,36)(H,30,35)(H,31,37)/t18-,19-,20-/m0/s1. The Morgan fingerprint density at radius 1 is 1.00 bits per heavy atom. The Morgan fingerprint density at radius 3 is 2.18 bits per heavy atom. The van der Waals surface area contributed by atoms with Crippen LogP contribution < -0.4 is 27.4 Å². The van der Waals surface area contributed by atoms with Crippen LogP contribution in [0.1, 0.15) is 24.0 Å². The largest absolute Gasteiger partial charge is 0.508 e. The van der Waals surface area contributed by atoms with E-state index in [0.717, 1.165) is 0 Å². The van der Waals surface area contributed by atoms with E-state index >= 15 is 0 Å². The molecule has 0 aromatic heterocycles. The van der Waals surface area contributed by atoms with Crippen molar-refractivity contribution in [3.63, 3.8) is 0 Å². The van der Waals surface area contributed by atoms with E-state index in [4.69, 9.17) is 11.5 Å². The van der Waals surface area contributed by atoms with E-state index in [0.29, 0.717) is 28.7 Å². The molecular formula is C26H33N5O7. The zero-order valence-corrected chi connectivity index (χ0v) is 21.0. The first-order valence-electron chi connectivity index (χ1n) is 12.2. The van der Waals surface area contributed by atoms with Crippen molar-refractivity contribution in [2.45, 2.75) is 43.8 Å². The second kappa shape index (κ2) is 12.9. The summed E-state index contributed by atoms with van der Waals surface area (Å²) < 4.78 is 4.56. The monoisotopic (exact) mass is 527 g/mol. The number of hydrogen-bond donors (Lipinski definition) is 7. The van der Waals surface area contributed by atoms with E-state index < -0.39 is 48.4 Å². The summed E-state index contributed by atoms with van der Waals surface area (Å²) >= 11 is 0. The van der Waals surface area contributed by atoms with Gasteiger partial charge < -0.3 is 42.4 Å². The smallest absolute Gasteiger partial charge is 0.325 e. The number of aromatic hydroxyl groups is 2. The number of fused-ring (bicyclic) bond motifs is 5. The fourth-order valence-corrected chi connectivity index (χ4v) is 4.11. The van der Waals surface area contributed by atoms with Crippen LogP contribution in [0.3, 0.4) is 0 Å². The lowest BCUT2D eigenvalue weighted by Gasteiger charge is -2.24. The van der Waals surface area contributed by atoms with Gasteiger partial charge in [-0.05, 0) is 65.9 Å². The quantitative estimate of drug-likeness (QED) is 0.234. The predicted octanol–water partition coefficient (Wildman–Crippen LogP) is -0.812. The van der Waals surface area contributed by atoms with Gasteiger partial charge in [-0.1, -0.05) is 12.1 Å². The first-order valence-corrected chi connectivity index (χ1v) is 12.2. The van der Waals surface area contributed by atoms with E-state index in [-0.39, 0.29) is 37.3 Å². The minimum atomic E-state index is -1.21. The van der Waals surface area contributed by atoms with Crippen molar-refractivity contribution in [3.8, 4) is 22.6 Å². The first-order chi connectivity index (χ1) is 18.1. The Hall–Kier alpha value is -4.16. The second-order valence-corrected chi connectivity index (χ2v) is 9.05. The number of phenolic OH excluding ortho intramolecular Hbond substituents is 2. The van der Waals surface area contributed by atoms with E-state index in [1.165, 1.54) is 19.2 Å². The van der Waals surface area contributed by atoms with Crippen LogP contribution in [-0.4, -0.2) is 72.2 Å². The summed E-state index contributed by atoms with van der Waals surface area (Å²) in [5.74, 6) is -2.80. The summed E-state index contributed by atoms with van der Waals surface area (Å²) in [5.41, 5.74) is 13.9. The number of nitrogens with one attached hydrogen (secondary N) is 3. The molecule has 0 radical (unpaired) electrons. The number of phenols is 2. The van der Waals surface area contributed by atoms with Crippen molar-refractivity contribution in [1.29, 1.82) is 0 Å². The van der Waals surface area contributed by atoms with Gasteiger partial charge in [0.25, 0.3) is 0 Å². The average molecular weight is 528 g/mol. The van der Waals surface area contributed by atoms with E-state index in [1.807, 2.05) is 0 Å². The molecule has 12 heteroatoms. The zero-order chi connectivity index (χ0) is 27.8. The highest BCUT2D eigenvalue weighted by atomic mass is 16.5. The molecule has 0 fully saturated rings. The number of methoxy groups -OCH3 is 1. The summed E-state index contributed by atoms with van der Waals surface area (Å²) in [6.45, 7) is -0.164. The maximum absolute atomic E-state index is 13.3. The van der Waals surface area contributed by atoms with Crippen LogP contribution in [0.4, 0.5) is 0 Å². The SMILES string of the molecule is COC(=O)CNC(=O)[C@@H]1Cc2cc(ccc2O)-c2ccc(O)c(c2)C[C@H](N)C(=O)N[C@@H](CCCN)C(=O)N1. The Labute approximate surface area is 219 Å². The van der Waals surface area contributed by atoms with Gasteiger partial charge in [0.15, 0.2) is 0 Å². The average Bonchev–Trinajstić information content (AvgIpc) is 2.90. The molecule has 0 aliphatic carbocycles. The highest BCUT2D eigenvalue weighted by Crippen LogP contribution is 2.30. The topological polar surface area (TPSA) is 206 Å². The van der Waals surface area contributed by atoms with Crippen molar-refractivity contribution in [2.24, 2.45) is 11.5 Å². The van der Waals surface area contributed by atoms with Crippen molar-refractivity contribution in [1.82, 2.24) is 16.0 Å². The minimum absolute atomic E-state index is 0.000233. The summed E-state index contributed by atoms with van der Waals surface area (Å²) in [6, 6.07) is 6.28. The van der Waals surface area contributed by atoms with Crippen LogP contribution in [0.2, 0.25) is 0 Å². The molecule has 0 spiro atoms. The number of esters is 1. The number of ether oxygens (including phenoxy) is 1. The minimum Gasteiger partial charge on any atom is -0.508 e. The van der Waals surface area contributed by atoms with Crippen molar-refractivity contribution in [2.75, 3.05) is 20.2 Å². The molecule has 2 aromatic carbocycles. The van der Waals surface area contributed by atoms with Crippen LogP contribution in [0.25, 0.3) is 11.1 Å². The molecule has 12 nitrogen and oxygen atoms in total. The molecule has 204 valence electrons. The molecule has 4 bridgehead atoms. The van der Waals surface area contributed by atoms with E-state index in [9.17, 15) is 29.4 Å². The molecule has 9 N–H and O–H groups in total. The molecule has 1 aliphatic rings. The van der Waals surface area contributed by atoms with Crippen molar-refractivity contribution in [3.05, 3.63) is 47.5 Å². The van der Waals surface area contributed by atoms with Gasteiger partial charge in [0, 0.05) is 12.8 Å². The number of hydrogen-bond acceptors (Lipinski definition) is 9. The fourth-order valence-electron chi connectivity index (χ4n) is 4.11. The molecule has 2 aromatic rings. The van der Waals surface area contributed by atoms with Gasteiger partial charge in [-0.3, -0.25) is 19.2 Å². The van der Waals surface area contributed by atoms with Crippen molar-refractivity contribution < 1.29 is 34.1 Å². The van der Waals surface area contributed by atoms with Gasteiger partial charge in [-0.25, -0.2) is 0 Å². The molecule has 1 heterocycles. The first kappa shape index (κ1) is 28.4. The summed E-state index contributed by atoms with van der Waals surface area (Å²) in [6.07, 6.45) is 0.456. The van der Waals surface area contributed by atoms with E-state index in [2.05, 4.69) is 20.7 Å². The molecule has 3 atom stereocenters. The zero-order valence-electron chi connectivity index (χ0n) is 21.0. The second-order valence-electron chi connectivity index (χ2n) is 9.05. The molecule has 0 unspecified atom stereocenters. The van der Waals surface area contributed by atoms with Crippen molar-refractivity contribution >= 4 is 23.7 Å². The summed E-state index contributed by atoms with van der Waals surface area (Å²) in [5, 5.41) is 28.6. The van der Waals surface area contributed by atoms with Crippen LogP contribution in [-0.2, 0) is 36.8 Å². The van der Waals surface area contributed by atoms with Gasteiger partial charge in [0.1, 0.15) is 30.1 Å². The van der Waals surface area contributed by atoms with Gasteiger partial charge in [0.05, 0.1) is 13.2 Å². The number of carbonyl (C=O) groups excluding carboxylic acids is 4. The lowest BCUT2D eigenvalue weighted by molar-refractivity contribution is -0.141. The third-order valence-electron chi connectivity index (χ3n) is 6.29.